The third kappa shape index (κ3) is 3.81. The Morgan fingerprint density at radius 2 is 2.07 bits per heavy atom. The van der Waals surface area contributed by atoms with E-state index >= 15 is 0 Å². The van der Waals surface area contributed by atoms with Crippen LogP contribution in [0.3, 0.4) is 0 Å². The topological polar surface area (TPSA) is 78.1 Å². The van der Waals surface area contributed by atoms with Crippen molar-refractivity contribution in [3.8, 4) is 6.07 Å². The fourth-order valence-corrected chi connectivity index (χ4v) is 2.86. The normalized spacial score (nSPS) is 13.1. The zero-order valence-electron chi connectivity index (χ0n) is 14.5. The number of nitrogens with zero attached hydrogens (tertiary/aromatic N) is 2. The lowest BCUT2D eigenvalue weighted by atomic mass is 10.0. The van der Waals surface area contributed by atoms with Crippen LogP contribution in [-0.4, -0.2) is 21.2 Å². The molecule has 0 spiro atoms. The molecule has 1 amide bonds. The number of aliphatic hydroxyl groups is 1. The SMILES string of the molecule is C[C@](O)(Cn1ccc2ccc(F)cc21)C(=O)Nc1ccc(C#N)c(CF)c1. The van der Waals surface area contributed by atoms with Crippen molar-refractivity contribution in [2.45, 2.75) is 25.7 Å². The van der Waals surface area contributed by atoms with Gasteiger partial charge in [0.2, 0.25) is 0 Å². The second-order valence-corrected chi connectivity index (χ2v) is 6.49. The predicted octanol–water partition coefficient (Wildman–Crippen LogP) is 3.51. The Morgan fingerprint density at radius 1 is 1.30 bits per heavy atom. The summed E-state index contributed by atoms with van der Waals surface area (Å²) in [5, 5.41) is 22.9. The summed E-state index contributed by atoms with van der Waals surface area (Å²) < 4.78 is 28.1. The van der Waals surface area contributed by atoms with Crippen LogP contribution in [0.15, 0.2) is 48.7 Å². The maximum Gasteiger partial charge on any atom is 0.257 e. The van der Waals surface area contributed by atoms with Gasteiger partial charge in [-0.25, -0.2) is 8.78 Å². The molecule has 0 unspecified atom stereocenters. The standard InChI is InChI=1S/C20H17F2N3O2/c1-20(27,12-25-7-6-13-2-4-16(22)9-18(13)25)19(26)24-17-5-3-14(11-23)15(8-17)10-21/h2-9,27H,10,12H2,1H3,(H,24,26)/t20-/m0/s1. The Kier molecular flexibility index (Phi) is 4.93. The molecule has 27 heavy (non-hydrogen) atoms. The summed E-state index contributed by atoms with van der Waals surface area (Å²) in [4.78, 5) is 12.5. The van der Waals surface area contributed by atoms with Crippen molar-refractivity contribution in [3.05, 3.63) is 65.6 Å². The molecule has 1 heterocycles. The molecule has 0 aliphatic carbocycles. The minimum Gasteiger partial charge on any atom is -0.378 e. The molecule has 0 bridgehead atoms. The average molecular weight is 369 g/mol. The molecule has 5 nitrogen and oxygen atoms in total. The summed E-state index contributed by atoms with van der Waals surface area (Å²) in [5.41, 5.74) is -0.636. The number of fused-ring (bicyclic) bond motifs is 1. The fraction of sp³-hybridized carbons (Fsp3) is 0.200. The van der Waals surface area contributed by atoms with Crippen LogP contribution in [-0.2, 0) is 18.0 Å². The van der Waals surface area contributed by atoms with E-state index < -0.39 is 24.0 Å². The lowest BCUT2D eigenvalue weighted by Gasteiger charge is -2.23. The van der Waals surface area contributed by atoms with E-state index in [2.05, 4.69) is 5.32 Å². The van der Waals surface area contributed by atoms with Gasteiger partial charge in [0.25, 0.3) is 5.91 Å². The van der Waals surface area contributed by atoms with E-state index in [1.165, 1.54) is 37.3 Å². The first-order valence-electron chi connectivity index (χ1n) is 8.21. The fourth-order valence-electron chi connectivity index (χ4n) is 2.86. The summed E-state index contributed by atoms with van der Waals surface area (Å²) >= 11 is 0. The van der Waals surface area contributed by atoms with Gasteiger partial charge in [0.05, 0.1) is 23.7 Å². The maximum absolute atomic E-state index is 13.5. The number of aromatic nitrogens is 1. The molecule has 1 aromatic heterocycles. The molecule has 0 saturated heterocycles. The molecule has 138 valence electrons. The number of nitriles is 1. The van der Waals surface area contributed by atoms with Crippen LogP contribution in [0.25, 0.3) is 10.9 Å². The van der Waals surface area contributed by atoms with Gasteiger partial charge in [0.1, 0.15) is 12.5 Å². The Balaban J connectivity index is 1.81. The highest BCUT2D eigenvalue weighted by molar-refractivity contribution is 5.97. The van der Waals surface area contributed by atoms with Gasteiger partial charge in [-0.05, 0) is 54.8 Å². The summed E-state index contributed by atoms with van der Waals surface area (Å²) in [6, 6.07) is 12.1. The molecular formula is C20H17F2N3O2. The Labute approximate surface area is 154 Å². The van der Waals surface area contributed by atoms with Crippen LogP contribution in [0.1, 0.15) is 18.1 Å². The number of benzene rings is 2. The van der Waals surface area contributed by atoms with Crippen molar-refractivity contribution in [2.75, 3.05) is 5.32 Å². The lowest BCUT2D eigenvalue weighted by molar-refractivity contribution is -0.133. The Hall–Kier alpha value is -3.24. The van der Waals surface area contributed by atoms with Gasteiger partial charge in [-0.15, -0.1) is 0 Å². The van der Waals surface area contributed by atoms with E-state index in [0.29, 0.717) is 5.52 Å². The van der Waals surface area contributed by atoms with Gasteiger partial charge in [0, 0.05) is 17.4 Å². The first-order chi connectivity index (χ1) is 12.8. The van der Waals surface area contributed by atoms with Crippen LogP contribution in [0.4, 0.5) is 14.5 Å². The molecule has 2 N–H and O–H groups in total. The van der Waals surface area contributed by atoms with Crippen molar-refractivity contribution in [1.82, 2.24) is 4.57 Å². The van der Waals surface area contributed by atoms with E-state index in [1.54, 1.807) is 22.9 Å². The number of carbonyl (C=O) groups is 1. The minimum atomic E-state index is -1.80. The van der Waals surface area contributed by atoms with Crippen LogP contribution < -0.4 is 5.32 Å². The number of amides is 1. The van der Waals surface area contributed by atoms with Crippen molar-refractivity contribution in [2.24, 2.45) is 0 Å². The lowest BCUT2D eigenvalue weighted by Crippen LogP contribution is -2.43. The highest BCUT2D eigenvalue weighted by Gasteiger charge is 2.31. The zero-order chi connectivity index (χ0) is 19.6. The number of halogens is 2. The van der Waals surface area contributed by atoms with E-state index in [-0.39, 0.29) is 23.4 Å². The van der Waals surface area contributed by atoms with Gasteiger partial charge >= 0.3 is 0 Å². The summed E-state index contributed by atoms with van der Waals surface area (Å²) in [5.74, 6) is -1.11. The summed E-state index contributed by atoms with van der Waals surface area (Å²) in [6.45, 7) is 0.398. The minimum absolute atomic E-state index is 0.0992. The molecular weight excluding hydrogens is 352 g/mol. The largest absolute Gasteiger partial charge is 0.378 e. The van der Waals surface area contributed by atoms with E-state index in [0.717, 1.165) is 5.39 Å². The number of hydrogen-bond acceptors (Lipinski definition) is 3. The number of nitrogens with one attached hydrogen (secondary N) is 1. The monoisotopic (exact) mass is 369 g/mol. The molecule has 1 atom stereocenters. The highest BCUT2D eigenvalue weighted by atomic mass is 19.1. The van der Waals surface area contributed by atoms with Crippen LogP contribution in [0, 0.1) is 17.1 Å². The van der Waals surface area contributed by atoms with Gasteiger partial charge in [-0.3, -0.25) is 4.79 Å². The van der Waals surface area contributed by atoms with E-state index in [9.17, 15) is 18.7 Å². The number of hydrogen-bond donors (Lipinski definition) is 2. The number of rotatable bonds is 5. The third-order valence-corrected chi connectivity index (χ3v) is 4.33. The summed E-state index contributed by atoms with van der Waals surface area (Å²) in [7, 11) is 0. The first-order valence-corrected chi connectivity index (χ1v) is 8.21. The van der Waals surface area contributed by atoms with Gasteiger partial charge in [0.15, 0.2) is 5.60 Å². The zero-order valence-corrected chi connectivity index (χ0v) is 14.5. The number of anilines is 1. The van der Waals surface area contributed by atoms with Crippen molar-refractivity contribution >= 4 is 22.5 Å². The highest BCUT2D eigenvalue weighted by Crippen LogP contribution is 2.22. The molecule has 3 aromatic rings. The smallest absolute Gasteiger partial charge is 0.257 e. The van der Waals surface area contributed by atoms with Crippen LogP contribution in [0.2, 0.25) is 0 Å². The molecule has 0 aliphatic rings. The van der Waals surface area contributed by atoms with Crippen LogP contribution in [0.5, 0.6) is 0 Å². The van der Waals surface area contributed by atoms with Gasteiger partial charge in [-0.2, -0.15) is 5.26 Å². The van der Waals surface area contributed by atoms with Gasteiger partial charge < -0.3 is 15.0 Å². The average Bonchev–Trinajstić information content (AvgIpc) is 3.02. The molecule has 0 saturated carbocycles. The Bertz CT molecular complexity index is 1050. The quantitative estimate of drug-likeness (QED) is 0.722. The van der Waals surface area contributed by atoms with E-state index in [4.69, 9.17) is 5.26 Å². The maximum atomic E-state index is 13.5. The molecule has 0 radical (unpaired) electrons. The third-order valence-electron chi connectivity index (χ3n) is 4.33. The summed E-state index contributed by atoms with van der Waals surface area (Å²) in [6.07, 6.45) is 1.66. The van der Waals surface area contributed by atoms with Crippen molar-refractivity contribution < 1.29 is 18.7 Å². The number of carbonyl (C=O) groups excluding carboxylic acids is 1. The van der Waals surface area contributed by atoms with Gasteiger partial charge in [-0.1, -0.05) is 0 Å². The number of alkyl halides is 1. The van der Waals surface area contributed by atoms with E-state index in [1.807, 2.05) is 6.07 Å². The molecule has 0 aliphatic heterocycles. The molecule has 2 aromatic carbocycles. The second-order valence-electron chi connectivity index (χ2n) is 6.49. The predicted molar refractivity (Wildman–Crippen MR) is 97.1 cm³/mol. The van der Waals surface area contributed by atoms with Crippen molar-refractivity contribution in [1.29, 1.82) is 5.26 Å². The van der Waals surface area contributed by atoms with Crippen molar-refractivity contribution in [3.63, 3.8) is 0 Å². The first kappa shape index (κ1) is 18.5. The van der Waals surface area contributed by atoms with Crippen LogP contribution >= 0.6 is 0 Å². The Morgan fingerprint density at radius 3 is 2.78 bits per heavy atom. The second kappa shape index (κ2) is 7.17. The molecule has 3 rings (SSSR count). The molecule has 0 fully saturated rings. The molecule has 7 heteroatoms.